The van der Waals surface area contributed by atoms with E-state index >= 15 is 0 Å². The van der Waals surface area contributed by atoms with Crippen molar-refractivity contribution in [3.63, 3.8) is 0 Å². The molecular formula is C15H18ClFN2S. The maximum Gasteiger partial charge on any atom is 0.124 e. The number of halogens is 2. The van der Waals surface area contributed by atoms with Gasteiger partial charge in [-0.25, -0.2) is 9.37 Å². The third kappa shape index (κ3) is 4.01. The molecule has 1 heterocycles. The molecule has 0 aliphatic heterocycles. The van der Waals surface area contributed by atoms with Gasteiger partial charge in [0.25, 0.3) is 0 Å². The van der Waals surface area contributed by atoms with E-state index in [-0.39, 0.29) is 11.9 Å². The van der Waals surface area contributed by atoms with Crippen LogP contribution >= 0.6 is 22.9 Å². The summed E-state index contributed by atoms with van der Waals surface area (Å²) >= 11 is 7.75. The van der Waals surface area contributed by atoms with E-state index in [1.165, 1.54) is 12.1 Å². The van der Waals surface area contributed by atoms with Gasteiger partial charge in [-0.15, -0.1) is 11.3 Å². The average molecular weight is 313 g/mol. The first-order chi connectivity index (χ1) is 9.60. The molecule has 0 bridgehead atoms. The second-order valence-corrected chi connectivity index (χ2v) is 6.21. The fraction of sp³-hybridized carbons (Fsp3) is 0.400. The first kappa shape index (κ1) is 15.4. The molecule has 1 aromatic carbocycles. The second kappa shape index (κ2) is 7.16. The molecule has 108 valence electrons. The van der Waals surface area contributed by atoms with Crippen LogP contribution in [-0.2, 0) is 6.42 Å². The molecule has 2 aromatic rings. The molecule has 5 heteroatoms. The van der Waals surface area contributed by atoms with Gasteiger partial charge >= 0.3 is 0 Å². The van der Waals surface area contributed by atoms with Crippen LogP contribution in [0.4, 0.5) is 4.39 Å². The Hall–Kier alpha value is -0.970. The third-order valence-electron chi connectivity index (χ3n) is 3.07. The molecule has 1 N–H and O–H groups in total. The monoisotopic (exact) mass is 312 g/mol. The third-order valence-corrected chi connectivity index (χ3v) is 4.22. The van der Waals surface area contributed by atoms with Gasteiger partial charge in [0.15, 0.2) is 0 Å². The number of hydrogen-bond donors (Lipinski definition) is 1. The van der Waals surface area contributed by atoms with Crippen LogP contribution in [0.3, 0.4) is 0 Å². The number of aromatic nitrogens is 1. The van der Waals surface area contributed by atoms with E-state index in [9.17, 15) is 4.39 Å². The fourth-order valence-corrected chi connectivity index (χ4v) is 2.96. The molecule has 0 spiro atoms. The van der Waals surface area contributed by atoms with E-state index in [2.05, 4.69) is 22.6 Å². The molecule has 1 aromatic heterocycles. The van der Waals surface area contributed by atoms with Crippen LogP contribution in [0.1, 0.15) is 35.7 Å². The van der Waals surface area contributed by atoms with E-state index in [0.717, 1.165) is 29.2 Å². The summed E-state index contributed by atoms with van der Waals surface area (Å²) in [5.74, 6) is -0.304. The quantitative estimate of drug-likeness (QED) is 0.848. The Labute approximate surface area is 128 Å². The standard InChI is InChI=1S/C15H18ClFN2S/c1-3-6-18-14(15-9-20-10(2)19-15)7-11-4-5-12(17)8-13(11)16/h4-5,8-9,14,18H,3,6-7H2,1-2H3. The number of benzene rings is 1. The zero-order valence-electron chi connectivity index (χ0n) is 11.6. The lowest BCUT2D eigenvalue weighted by molar-refractivity contribution is 0.519. The summed E-state index contributed by atoms with van der Waals surface area (Å²) in [6.07, 6.45) is 1.76. The topological polar surface area (TPSA) is 24.9 Å². The maximum atomic E-state index is 13.1. The second-order valence-electron chi connectivity index (χ2n) is 4.74. The summed E-state index contributed by atoms with van der Waals surface area (Å²) < 4.78 is 13.1. The number of nitrogens with zero attached hydrogens (tertiary/aromatic N) is 1. The Balaban J connectivity index is 2.18. The Morgan fingerprint density at radius 1 is 1.45 bits per heavy atom. The molecule has 1 unspecified atom stereocenters. The van der Waals surface area contributed by atoms with Gasteiger partial charge in [-0.2, -0.15) is 0 Å². The zero-order valence-corrected chi connectivity index (χ0v) is 13.2. The molecule has 2 rings (SSSR count). The lowest BCUT2D eigenvalue weighted by Crippen LogP contribution is -2.24. The van der Waals surface area contributed by atoms with Gasteiger partial charge in [-0.05, 0) is 44.0 Å². The Morgan fingerprint density at radius 2 is 2.25 bits per heavy atom. The summed E-state index contributed by atoms with van der Waals surface area (Å²) in [4.78, 5) is 4.55. The van der Waals surface area contributed by atoms with Crippen molar-refractivity contribution in [2.24, 2.45) is 0 Å². The average Bonchev–Trinajstić information content (AvgIpc) is 2.83. The molecule has 0 saturated heterocycles. The van der Waals surface area contributed by atoms with Gasteiger partial charge in [0.1, 0.15) is 5.82 Å². The van der Waals surface area contributed by atoms with Gasteiger partial charge in [0.2, 0.25) is 0 Å². The van der Waals surface area contributed by atoms with Crippen molar-refractivity contribution in [3.8, 4) is 0 Å². The highest BCUT2D eigenvalue weighted by atomic mass is 35.5. The van der Waals surface area contributed by atoms with Crippen molar-refractivity contribution >= 4 is 22.9 Å². The molecule has 0 fully saturated rings. The normalized spacial score (nSPS) is 12.6. The van der Waals surface area contributed by atoms with Crippen LogP contribution in [0.25, 0.3) is 0 Å². The zero-order chi connectivity index (χ0) is 14.5. The number of hydrogen-bond acceptors (Lipinski definition) is 3. The lowest BCUT2D eigenvalue weighted by Gasteiger charge is -2.17. The van der Waals surface area contributed by atoms with Crippen molar-refractivity contribution in [2.45, 2.75) is 32.7 Å². The highest BCUT2D eigenvalue weighted by Gasteiger charge is 2.16. The summed E-state index contributed by atoms with van der Waals surface area (Å²) in [5, 5.41) is 7.07. The predicted octanol–water partition coefficient (Wildman–Crippen LogP) is 4.53. The molecule has 20 heavy (non-hydrogen) atoms. The van der Waals surface area contributed by atoms with Crippen molar-refractivity contribution < 1.29 is 4.39 Å². The van der Waals surface area contributed by atoms with Crippen LogP contribution in [0.5, 0.6) is 0 Å². The number of rotatable bonds is 6. The SMILES string of the molecule is CCCNC(Cc1ccc(F)cc1Cl)c1csc(C)n1. The van der Waals surface area contributed by atoms with Crippen molar-refractivity contribution in [1.29, 1.82) is 0 Å². The molecule has 0 saturated carbocycles. The fourth-order valence-electron chi connectivity index (χ4n) is 2.05. The Bertz CT molecular complexity index is 571. The maximum absolute atomic E-state index is 13.1. The molecule has 0 radical (unpaired) electrons. The van der Waals surface area contributed by atoms with E-state index in [1.807, 2.05) is 6.92 Å². The van der Waals surface area contributed by atoms with Crippen molar-refractivity contribution in [2.75, 3.05) is 6.54 Å². The van der Waals surface area contributed by atoms with E-state index in [4.69, 9.17) is 11.6 Å². The minimum Gasteiger partial charge on any atom is -0.308 e. The minimum absolute atomic E-state index is 0.114. The Morgan fingerprint density at radius 3 is 2.85 bits per heavy atom. The van der Waals surface area contributed by atoms with Crippen LogP contribution < -0.4 is 5.32 Å². The molecule has 1 atom stereocenters. The van der Waals surface area contributed by atoms with Crippen molar-refractivity contribution in [1.82, 2.24) is 10.3 Å². The van der Waals surface area contributed by atoms with E-state index in [1.54, 1.807) is 17.4 Å². The predicted molar refractivity (Wildman–Crippen MR) is 83.0 cm³/mol. The van der Waals surface area contributed by atoms with E-state index in [0.29, 0.717) is 11.4 Å². The van der Waals surface area contributed by atoms with Gasteiger partial charge in [0, 0.05) is 10.4 Å². The molecule has 0 aliphatic rings. The smallest absolute Gasteiger partial charge is 0.124 e. The lowest BCUT2D eigenvalue weighted by atomic mass is 10.0. The molecular weight excluding hydrogens is 295 g/mol. The van der Waals surface area contributed by atoms with Gasteiger partial charge in [-0.1, -0.05) is 24.6 Å². The minimum atomic E-state index is -0.304. The largest absolute Gasteiger partial charge is 0.308 e. The Kier molecular flexibility index (Phi) is 5.52. The first-order valence-corrected chi connectivity index (χ1v) is 7.95. The molecule has 2 nitrogen and oxygen atoms in total. The molecule has 0 amide bonds. The van der Waals surface area contributed by atoms with Crippen LogP contribution in [0, 0.1) is 12.7 Å². The summed E-state index contributed by atoms with van der Waals surface area (Å²) in [6.45, 7) is 5.04. The van der Waals surface area contributed by atoms with Gasteiger partial charge in [-0.3, -0.25) is 0 Å². The number of thiazole rings is 1. The summed E-state index contributed by atoms with van der Waals surface area (Å²) in [5.41, 5.74) is 1.97. The van der Waals surface area contributed by atoms with E-state index < -0.39 is 0 Å². The number of nitrogens with one attached hydrogen (secondary N) is 1. The van der Waals surface area contributed by atoms with Crippen LogP contribution in [0.15, 0.2) is 23.6 Å². The highest BCUT2D eigenvalue weighted by Crippen LogP contribution is 2.25. The first-order valence-electron chi connectivity index (χ1n) is 6.69. The van der Waals surface area contributed by atoms with Gasteiger partial charge < -0.3 is 5.32 Å². The molecule has 0 aliphatic carbocycles. The van der Waals surface area contributed by atoms with Crippen LogP contribution in [0.2, 0.25) is 5.02 Å². The number of aryl methyl sites for hydroxylation is 1. The summed E-state index contributed by atoms with van der Waals surface area (Å²) in [6, 6.07) is 4.67. The summed E-state index contributed by atoms with van der Waals surface area (Å²) in [7, 11) is 0. The van der Waals surface area contributed by atoms with Crippen LogP contribution in [-0.4, -0.2) is 11.5 Å². The van der Waals surface area contributed by atoms with Crippen molar-refractivity contribution in [3.05, 3.63) is 50.7 Å². The highest BCUT2D eigenvalue weighted by molar-refractivity contribution is 7.09. The van der Waals surface area contributed by atoms with Gasteiger partial charge in [0.05, 0.1) is 16.7 Å².